The van der Waals surface area contributed by atoms with Gasteiger partial charge in [-0.05, 0) is 66.0 Å². The highest BCUT2D eigenvalue weighted by Crippen LogP contribution is 2.31. The minimum Gasteiger partial charge on any atom is -0.497 e. The number of anilines is 1. The van der Waals surface area contributed by atoms with E-state index >= 15 is 0 Å². The third-order valence-corrected chi connectivity index (χ3v) is 5.71. The summed E-state index contributed by atoms with van der Waals surface area (Å²) in [5.41, 5.74) is 2.00. The molecule has 3 N–H and O–H groups in total. The number of hydrogen-bond donors (Lipinski definition) is 2. The van der Waals surface area contributed by atoms with Crippen LogP contribution in [0.2, 0.25) is 5.02 Å². The number of carbonyl (C=O) groups is 1. The number of rotatable bonds is 7. The number of methoxy groups -OCH3 is 1. The number of pyridine rings is 1. The zero-order chi connectivity index (χ0) is 22.5. The van der Waals surface area contributed by atoms with Gasteiger partial charge in [-0.15, -0.1) is 0 Å². The molecule has 4 aromatic rings. The van der Waals surface area contributed by atoms with Crippen LogP contribution in [0.25, 0.3) is 10.9 Å². The molecule has 6 nitrogen and oxygen atoms in total. The summed E-state index contributed by atoms with van der Waals surface area (Å²) in [5, 5.41) is 10.2. The van der Waals surface area contributed by atoms with E-state index in [2.05, 4.69) is 10.3 Å². The number of ether oxygens (including phenoxy) is 2. The highest BCUT2D eigenvalue weighted by atomic mass is 35.5. The van der Waals surface area contributed by atoms with Crippen LogP contribution < -0.4 is 19.9 Å². The van der Waals surface area contributed by atoms with Crippen LogP contribution in [0.3, 0.4) is 0 Å². The molecule has 1 heterocycles. The number of halogens is 1. The first-order valence-electron chi connectivity index (χ1n) is 9.72. The number of nitrogens with zero attached hydrogens (tertiary/aromatic N) is 1. The molecular weight excluding hydrogens is 446 g/mol. The maximum Gasteiger partial charge on any atom is 0.228 e. The fourth-order valence-corrected chi connectivity index (χ4v) is 3.89. The van der Waals surface area contributed by atoms with E-state index in [-0.39, 0.29) is 12.3 Å². The van der Waals surface area contributed by atoms with E-state index in [1.807, 2.05) is 42.5 Å². The number of aromatic nitrogens is 1. The van der Waals surface area contributed by atoms with Crippen molar-refractivity contribution in [3.63, 3.8) is 0 Å². The fraction of sp³-hybridized carbons (Fsp3) is 0.0833. The molecule has 0 atom stereocenters. The predicted octanol–water partition coefficient (Wildman–Crippen LogP) is 5.84. The molecule has 8 heteroatoms. The topological polar surface area (TPSA) is 86.5 Å². The summed E-state index contributed by atoms with van der Waals surface area (Å²) in [5.74, 6) is 1.62. The molecule has 0 saturated heterocycles. The van der Waals surface area contributed by atoms with Gasteiger partial charge in [0.2, 0.25) is 11.8 Å². The maximum absolute atomic E-state index is 12.6. The molecule has 1 aromatic heterocycles. The summed E-state index contributed by atoms with van der Waals surface area (Å²) in [6, 6.07) is 21.8. The van der Waals surface area contributed by atoms with Crippen LogP contribution in [0.15, 0.2) is 77.7 Å². The van der Waals surface area contributed by atoms with E-state index in [9.17, 15) is 4.79 Å². The molecule has 0 radical (unpaired) electrons. The minimum absolute atomic E-state index is 0.164. The second-order valence-corrected chi connectivity index (χ2v) is 7.99. The molecule has 0 aliphatic carbocycles. The lowest BCUT2D eigenvalue weighted by molar-refractivity contribution is -0.115. The van der Waals surface area contributed by atoms with Gasteiger partial charge in [-0.2, -0.15) is 0 Å². The zero-order valence-electron chi connectivity index (χ0n) is 17.2. The van der Waals surface area contributed by atoms with Crippen molar-refractivity contribution in [1.29, 1.82) is 0 Å². The Labute approximate surface area is 194 Å². The van der Waals surface area contributed by atoms with Crippen LogP contribution in [-0.4, -0.2) is 18.0 Å². The molecule has 0 bridgehead atoms. The Morgan fingerprint density at radius 2 is 1.81 bits per heavy atom. The molecule has 0 saturated carbocycles. The van der Waals surface area contributed by atoms with Gasteiger partial charge < -0.3 is 14.8 Å². The number of nitrogens with two attached hydrogens (primary N) is 1. The van der Waals surface area contributed by atoms with Gasteiger partial charge in [-0.25, -0.2) is 4.98 Å². The molecule has 0 spiro atoms. The van der Waals surface area contributed by atoms with Crippen molar-refractivity contribution in [2.75, 3.05) is 12.4 Å². The summed E-state index contributed by atoms with van der Waals surface area (Å²) in [6.45, 7) is 0. The molecular formula is C24H20ClN3O3S. The van der Waals surface area contributed by atoms with Crippen LogP contribution in [0.1, 0.15) is 5.56 Å². The normalized spacial score (nSPS) is 10.7. The predicted molar refractivity (Wildman–Crippen MR) is 129 cm³/mol. The smallest absolute Gasteiger partial charge is 0.228 e. The lowest BCUT2D eigenvalue weighted by Crippen LogP contribution is -2.14. The lowest BCUT2D eigenvalue weighted by Gasteiger charge is -2.11. The first-order valence-corrected chi connectivity index (χ1v) is 11.0. The van der Waals surface area contributed by atoms with Crippen LogP contribution in [0.5, 0.6) is 17.4 Å². The van der Waals surface area contributed by atoms with Crippen LogP contribution in [0, 0.1) is 0 Å². The Bertz CT molecular complexity index is 1270. The van der Waals surface area contributed by atoms with Crippen LogP contribution >= 0.6 is 23.5 Å². The maximum atomic E-state index is 12.6. The first kappa shape index (κ1) is 22.0. The Morgan fingerprint density at radius 1 is 1.06 bits per heavy atom. The zero-order valence-corrected chi connectivity index (χ0v) is 18.7. The lowest BCUT2D eigenvalue weighted by atomic mass is 10.1. The second kappa shape index (κ2) is 9.91. The average molecular weight is 466 g/mol. The number of amides is 1. The number of hydrogen-bond acceptors (Lipinski definition) is 6. The molecule has 3 aromatic carbocycles. The quantitative estimate of drug-likeness (QED) is 0.333. The van der Waals surface area contributed by atoms with E-state index in [4.69, 9.17) is 26.2 Å². The van der Waals surface area contributed by atoms with Gasteiger partial charge in [-0.1, -0.05) is 29.8 Å². The van der Waals surface area contributed by atoms with E-state index in [0.717, 1.165) is 33.5 Å². The van der Waals surface area contributed by atoms with Crippen molar-refractivity contribution >= 4 is 46.0 Å². The third kappa shape index (κ3) is 5.13. The van der Waals surface area contributed by atoms with Gasteiger partial charge >= 0.3 is 0 Å². The average Bonchev–Trinajstić information content (AvgIpc) is 2.80. The molecule has 0 aliphatic rings. The standard InChI is InChI=1S/C24H20ClN3O3S/c1-30-17-6-8-18(9-7-17)31-24-11-10-19-21(28-24)13-16(14-22(19)32-26)27-23(29)12-15-4-2-3-5-20(15)25/h2-11,13-14H,12,26H2,1H3,(H,27,29). The molecule has 162 valence electrons. The monoisotopic (exact) mass is 465 g/mol. The van der Waals surface area contributed by atoms with E-state index in [1.54, 1.807) is 37.4 Å². The Hall–Kier alpha value is -3.26. The molecule has 32 heavy (non-hydrogen) atoms. The molecule has 0 fully saturated rings. The second-order valence-electron chi connectivity index (χ2n) is 6.90. The minimum atomic E-state index is -0.184. The van der Waals surface area contributed by atoms with Crippen LogP contribution in [0.4, 0.5) is 5.69 Å². The van der Waals surface area contributed by atoms with Crippen molar-refractivity contribution < 1.29 is 14.3 Å². The largest absolute Gasteiger partial charge is 0.497 e. The Kier molecular flexibility index (Phi) is 6.80. The number of benzene rings is 3. The summed E-state index contributed by atoms with van der Waals surface area (Å²) in [7, 11) is 1.61. The van der Waals surface area contributed by atoms with E-state index in [1.165, 1.54) is 0 Å². The van der Waals surface area contributed by atoms with Gasteiger partial charge in [0.05, 0.1) is 19.0 Å². The van der Waals surface area contributed by atoms with Crippen LogP contribution in [-0.2, 0) is 11.2 Å². The highest BCUT2D eigenvalue weighted by Gasteiger charge is 2.11. The molecule has 0 aliphatic heterocycles. The van der Waals surface area contributed by atoms with Gasteiger partial charge in [0.15, 0.2) is 0 Å². The molecule has 4 rings (SSSR count). The van der Waals surface area contributed by atoms with E-state index < -0.39 is 0 Å². The number of nitrogens with one attached hydrogen (secondary N) is 1. The third-order valence-electron chi connectivity index (χ3n) is 4.74. The fourth-order valence-electron chi connectivity index (χ4n) is 3.19. The van der Waals surface area contributed by atoms with Crippen molar-refractivity contribution in [1.82, 2.24) is 4.98 Å². The Balaban J connectivity index is 1.57. The Morgan fingerprint density at radius 3 is 2.53 bits per heavy atom. The number of fused-ring (bicyclic) bond motifs is 1. The van der Waals surface area contributed by atoms with Crippen molar-refractivity contribution in [2.24, 2.45) is 5.14 Å². The van der Waals surface area contributed by atoms with E-state index in [0.29, 0.717) is 27.9 Å². The summed E-state index contributed by atoms with van der Waals surface area (Å²) in [4.78, 5) is 18.0. The highest BCUT2D eigenvalue weighted by molar-refractivity contribution is 7.97. The van der Waals surface area contributed by atoms with Crippen molar-refractivity contribution in [3.8, 4) is 17.4 Å². The van der Waals surface area contributed by atoms with Crippen molar-refractivity contribution in [3.05, 3.63) is 83.4 Å². The first-order chi connectivity index (χ1) is 15.6. The van der Waals surface area contributed by atoms with Gasteiger partial charge in [0.1, 0.15) is 11.5 Å². The number of carbonyl (C=O) groups excluding carboxylic acids is 1. The van der Waals surface area contributed by atoms with Gasteiger partial charge in [0.25, 0.3) is 0 Å². The van der Waals surface area contributed by atoms with Gasteiger partial charge in [0, 0.05) is 27.1 Å². The molecule has 0 unspecified atom stereocenters. The van der Waals surface area contributed by atoms with Crippen molar-refractivity contribution in [2.45, 2.75) is 11.3 Å². The molecule has 1 amide bonds. The summed E-state index contributed by atoms with van der Waals surface area (Å²) >= 11 is 7.26. The van der Waals surface area contributed by atoms with Gasteiger partial charge in [-0.3, -0.25) is 9.93 Å². The summed E-state index contributed by atoms with van der Waals surface area (Å²) in [6.07, 6.45) is 0.164. The summed E-state index contributed by atoms with van der Waals surface area (Å²) < 4.78 is 11.0. The SMILES string of the molecule is COc1ccc(Oc2ccc3c(SN)cc(NC(=O)Cc4ccccc4Cl)cc3n2)cc1.